The van der Waals surface area contributed by atoms with Gasteiger partial charge in [0.1, 0.15) is 6.17 Å². The number of nitrogens with one attached hydrogen (secondary N) is 1. The van der Waals surface area contributed by atoms with E-state index in [0.29, 0.717) is 11.8 Å². The lowest BCUT2D eigenvalue weighted by atomic mass is 10.0. The van der Waals surface area contributed by atoms with E-state index in [1.807, 2.05) is 0 Å². The Kier molecular flexibility index (Phi) is 1.22. The minimum atomic E-state index is -0.495. The largest absolute Gasteiger partial charge is 0.316 e. The van der Waals surface area contributed by atoms with Gasteiger partial charge in [0.05, 0.1) is 0 Å². The minimum Gasteiger partial charge on any atom is -0.316 e. The summed E-state index contributed by atoms with van der Waals surface area (Å²) in [4.78, 5) is 0. The molecule has 1 saturated heterocycles. The van der Waals surface area contributed by atoms with Crippen LogP contribution in [0.15, 0.2) is 0 Å². The van der Waals surface area contributed by atoms with Crippen LogP contribution in [0.2, 0.25) is 0 Å². The molecule has 0 bridgehead atoms. The molecule has 1 N–H and O–H groups in total. The number of fused-ring (bicyclic) bond motifs is 1. The number of hydrogen-bond acceptors (Lipinski definition) is 1. The second-order valence-electron chi connectivity index (χ2n) is 3.18. The molecule has 9 heavy (non-hydrogen) atoms. The van der Waals surface area contributed by atoms with E-state index in [-0.39, 0.29) is 0 Å². The molecule has 2 fully saturated rings. The van der Waals surface area contributed by atoms with Crippen LogP contribution in [-0.2, 0) is 0 Å². The lowest BCUT2D eigenvalue weighted by molar-refractivity contribution is 0.260. The van der Waals surface area contributed by atoms with E-state index in [1.54, 1.807) is 0 Å². The predicted octanol–water partition coefficient (Wildman–Crippen LogP) is 0.954. The van der Waals surface area contributed by atoms with Crippen molar-refractivity contribution < 1.29 is 4.39 Å². The van der Waals surface area contributed by atoms with Crippen LogP contribution in [0.1, 0.15) is 12.8 Å². The zero-order valence-corrected chi connectivity index (χ0v) is 5.44. The quantitative estimate of drug-likeness (QED) is 0.513. The summed E-state index contributed by atoms with van der Waals surface area (Å²) >= 11 is 0. The van der Waals surface area contributed by atoms with Gasteiger partial charge < -0.3 is 5.32 Å². The van der Waals surface area contributed by atoms with E-state index in [2.05, 4.69) is 5.32 Å². The summed E-state index contributed by atoms with van der Waals surface area (Å²) in [6, 6.07) is 0. The molecule has 1 nitrogen and oxygen atoms in total. The van der Waals surface area contributed by atoms with Crippen molar-refractivity contribution in [3.05, 3.63) is 0 Å². The van der Waals surface area contributed by atoms with Crippen LogP contribution in [0.4, 0.5) is 4.39 Å². The average Bonchev–Trinajstić information content (AvgIpc) is 2.35. The fraction of sp³-hybridized carbons (Fsp3) is 1.00. The summed E-state index contributed by atoms with van der Waals surface area (Å²) in [7, 11) is 0. The predicted molar refractivity (Wildman–Crippen MR) is 34.0 cm³/mol. The first-order valence-electron chi connectivity index (χ1n) is 3.72. The molecule has 0 aromatic carbocycles. The van der Waals surface area contributed by atoms with Crippen LogP contribution in [0.25, 0.3) is 0 Å². The van der Waals surface area contributed by atoms with Crippen molar-refractivity contribution in [1.29, 1.82) is 0 Å². The van der Waals surface area contributed by atoms with Crippen molar-refractivity contribution in [3.8, 4) is 0 Å². The van der Waals surface area contributed by atoms with E-state index in [9.17, 15) is 4.39 Å². The van der Waals surface area contributed by atoms with Crippen LogP contribution in [0, 0.1) is 11.8 Å². The van der Waals surface area contributed by atoms with Crippen molar-refractivity contribution in [2.45, 2.75) is 19.0 Å². The molecular formula is C7H12FN. The second-order valence-corrected chi connectivity index (χ2v) is 3.18. The molecule has 0 aromatic rings. The molecule has 52 valence electrons. The second kappa shape index (κ2) is 1.94. The van der Waals surface area contributed by atoms with Crippen molar-refractivity contribution in [2.24, 2.45) is 11.8 Å². The van der Waals surface area contributed by atoms with Gasteiger partial charge in [-0.1, -0.05) is 0 Å². The molecule has 1 heterocycles. The Hall–Kier alpha value is -0.110. The Bertz CT molecular complexity index is 115. The maximum Gasteiger partial charge on any atom is 0.104 e. The zero-order chi connectivity index (χ0) is 6.27. The highest BCUT2D eigenvalue weighted by Gasteiger charge is 2.38. The third-order valence-electron chi connectivity index (χ3n) is 2.67. The van der Waals surface area contributed by atoms with Crippen LogP contribution >= 0.6 is 0 Å². The molecule has 0 spiro atoms. The number of rotatable bonds is 0. The molecule has 0 amide bonds. The van der Waals surface area contributed by atoms with Gasteiger partial charge >= 0.3 is 0 Å². The maximum absolute atomic E-state index is 12.8. The molecule has 2 heteroatoms. The molecule has 3 atom stereocenters. The Morgan fingerprint density at radius 2 is 2.11 bits per heavy atom. The first-order valence-corrected chi connectivity index (χ1v) is 3.72. The van der Waals surface area contributed by atoms with Gasteiger partial charge in [0.25, 0.3) is 0 Å². The van der Waals surface area contributed by atoms with Gasteiger partial charge in [0.15, 0.2) is 0 Å². The van der Waals surface area contributed by atoms with Gasteiger partial charge in [-0.05, 0) is 25.3 Å². The summed E-state index contributed by atoms with van der Waals surface area (Å²) in [6.07, 6.45) is 1.43. The zero-order valence-electron chi connectivity index (χ0n) is 5.44. The Morgan fingerprint density at radius 1 is 1.22 bits per heavy atom. The van der Waals surface area contributed by atoms with E-state index in [0.717, 1.165) is 25.9 Å². The average molecular weight is 129 g/mol. The van der Waals surface area contributed by atoms with E-state index < -0.39 is 6.17 Å². The highest BCUT2D eigenvalue weighted by molar-refractivity contribution is 4.91. The van der Waals surface area contributed by atoms with Gasteiger partial charge in [0, 0.05) is 12.5 Å². The topological polar surface area (TPSA) is 12.0 Å². The summed E-state index contributed by atoms with van der Waals surface area (Å²) in [5, 5.41) is 3.21. The Balaban J connectivity index is 2.07. The summed E-state index contributed by atoms with van der Waals surface area (Å²) in [5.74, 6) is 1.03. The minimum absolute atomic E-state index is 0.366. The number of halogens is 1. The fourth-order valence-corrected chi connectivity index (χ4v) is 2.08. The van der Waals surface area contributed by atoms with Gasteiger partial charge in [-0.3, -0.25) is 0 Å². The monoisotopic (exact) mass is 129 g/mol. The summed E-state index contributed by atoms with van der Waals surface area (Å²) in [6.45, 7) is 1.98. The SMILES string of the molecule is F[C@H]1CC[C@H]2CNC[C@H]21. The Morgan fingerprint density at radius 3 is 2.89 bits per heavy atom. The molecule has 0 unspecified atom stereocenters. The van der Waals surface area contributed by atoms with Crippen molar-refractivity contribution in [1.82, 2.24) is 5.32 Å². The maximum atomic E-state index is 12.8. The number of alkyl halides is 1. The van der Waals surface area contributed by atoms with Crippen LogP contribution in [0.3, 0.4) is 0 Å². The van der Waals surface area contributed by atoms with Gasteiger partial charge in [-0.25, -0.2) is 4.39 Å². The third kappa shape index (κ3) is 0.767. The van der Waals surface area contributed by atoms with Crippen LogP contribution in [0.5, 0.6) is 0 Å². The first-order chi connectivity index (χ1) is 4.38. The van der Waals surface area contributed by atoms with E-state index in [1.165, 1.54) is 0 Å². The lowest BCUT2D eigenvalue weighted by Crippen LogP contribution is -2.16. The normalized spacial score (nSPS) is 49.7. The molecule has 0 aromatic heterocycles. The first kappa shape index (κ1) is 5.66. The molecule has 1 aliphatic heterocycles. The molecule has 1 aliphatic carbocycles. The molecular weight excluding hydrogens is 117 g/mol. The molecule has 0 radical (unpaired) electrons. The van der Waals surface area contributed by atoms with E-state index in [4.69, 9.17) is 0 Å². The molecule has 2 aliphatic rings. The summed E-state index contributed by atoms with van der Waals surface area (Å²) < 4.78 is 12.8. The number of hydrogen-bond donors (Lipinski definition) is 1. The highest BCUT2D eigenvalue weighted by Crippen LogP contribution is 2.36. The van der Waals surface area contributed by atoms with Gasteiger partial charge in [0.2, 0.25) is 0 Å². The van der Waals surface area contributed by atoms with Crippen LogP contribution in [-0.4, -0.2) is 19.3 Å². The Labute approximate surface area is 54.6 Å². The van der Waals surface area contributed by atoms with Crippen molar-refractivity contribution in [2.75, 3.05) is 13.1 Å². The smallest absolute Gasteiger partial charge is 0.104 e. The molecule has 1 saturated carbocycles. The lowest BCUT2D eigenvalue weighted by Gasteiger charge is -2.07. The summed E-state index contributed by atoms with van der Waals surface area (Å²) in [5.41, 5.74) is 0. The standard InChI is InChI=1S/C7H12FN/c8-7-2-1-5-3-9-4-6(5)7/h5-7,9H,1-4H2/t5-,6+,7-/m0/s1. The van der Waals surface area contributed by atoms with Gasteiger partial charge in [-0.15, -0.1) is 0 Å². The van der Waals surface area contributed by atoms with E-state index >= 15 is 0 Å². The van der Waals surface area contributed by atoms with Crippen molar-refractivity contribution in [3.63, 3.8) is 0 Å². The third-order valence-corrected chi connectivity index (χ3v) is 2.67. The molecule has 2 rings (SSSR count). The fourth-order valence-electron chi connectivity index (χ4n) is 2.08. The van der Waals surface area contributed by atoms with Gasteiger partial charge in [-0.2, -0.15) is 0 Å². The highest BCUT2D eigenvalue weighted by atomic mass is 19.1. The van der Waals surface area contributed by atoms with Crippen LogP contribution < -0.4 is 5.32 Å². The van der Waals surface area contributed by atoms with Crippen molar-refractivity contribution >= 4 is 0 Å².